The van der Waals surface area contributed by atoms with Gasteiger partial charge in [-0.05, 0) is 22.0 Å². The van der Waals surface area contributed by atoms with Crippen LogP contribution in [0.2, 0.25) is 0 Å². The molecule has 8 heteroatoms. The highest BCUT2D eigenvalue weighted by Gasteiger charge is 2.28. The number of aliphatic hydroxyl groups excluding tert-OH is 1. The van der Waals surface area contributed by atoms with Crippen LogP contribution in [0.4, 0.5) is 4.39 Å². The van der Waals surface area contributed by atoms with Crippen molar-refractivity contribution in [1.29, 1.82) is 0 Å². The number of hydrogen-bond acceptors (Lipinski definition) is 5. The SMILES string of the molecule is O=C(O)c1nc2c(s1)C(O)COc1cc(F)c(Br)cc1-2. The molecule has 0 radical (unpaired) electrons. The van der Waals surface area contributed by atoms with Gasteiger partial charge >= 0.3 is 5.97 Å². The molecule has 0 spiro atoms. The van der Waals surface area contributed by atoms with Crippen LogP contribution in [0.3, 0.4) is 0 Å². The molecule has 104 valence electrons. The summed E-state index contributed by atoms with van der Waals surface area (Å²) in [4.78, 5) is 15.4. The van der Waals surface area contributed by atoms with E-state index in [2.05, 4.69) is 20.9 Å². The van der Waals surface area contributed by atoms with E-state index in [1.54, 1.807) is 0 Å². The fraction of sp³-hybridized carbons (Fsp3) is 0.167. The highest BCUT2D eigenvalue weighted by molar-refractivity contribution is 9.10. The van der Waals surface area contributed by atoms with Crippen LogP contribution >= 0.6 is 27.3 Å². The molecule has 5 nitrogen and oxygen atoms in total. The van der Waals surface area contributed by atoms with Crippen LogP contribution in [0.25, 0.3) is 11.3 Å². The van der Waals surface area contributed by atoms with Crippen LogP contribution in [0.15, 0.2) is 16.6 Å². The number of benzene rings is 1. The Hall–Kier alpha value is -1.51. The Bertz CT molecular complexity index is 718. The molecular formula is C12H7BrFNO4S. The van der Waals surface area contributed by atoms with Crippen molar-refractivity contribution < 1.29 is 24.1 Å². The van der Waals surface area contributed by atoms with Gasteiger partial charge < -0.3 is 14.9 Å². The van der Waals surface area contributed by atoms with Crippen LogP contribution in [-0.2, 0) is 0 Å². The third-order valence-corrected chi connectivity index (χ3v) is 4.57. The lowest BCUT2D eigenvalue weighted by Crippen LogP contribution is -2.06. The third kappa shape index (κ3) is 2.09. The van der Waals surface area contributed by atoms with Crippen molar-refractivity contribution in [3.05, 3.63) is 32.3 Å². The summed E-state index contributed by atoms with van der Waals surface area (Å²) >= 11 is 3.96. The van der Waals surface area contributed by atoms with Gasteiger partial charge in [-0.3, -0.25) is 0 Å². The van der Waals surface area contributed by atoms with Gasteiger partial charge in [0.25, 0.3) is 0 Å². The van der Waals surface area contributed by atoms with Crippen molar-refractivity contribution in [2.75, 3.05) is 6.61 Å². The number of aromatic nitrogens is 1. The summed E-state index contributed by atoms with van der Waals surface area (Å²) in [5, 5.41) is 18.9. The van der Waals surface area contributed by atoms with Crippen molar-refractivity contribution in [3.63, 3.8) is 0 Å². The van der Waals surface area contributed by atoms with E-state index >= 15 is 0 Å². The smallest absolute Gasteiger partial charge is 0.365 e. The summed E-state index contributed by atoms with van der Waals surface area (Å²) in [6.45, 7) is -0.0810. The highest BCUT2D eigenvalue weighted by Crippen LogP contribution is 2.42. The monoisotopic (exact) mass is 359 g/mol. The lowest BCUT2D eigenvalue weighted by molar-refractivity contribution is 0.0696. The van der Waals surface area contributed by atoms with Crippen LogP contribution in [0.5, 0.6) is 5.75 Å². The van der Waals surface area contributed by atoms with Gasteiger partial charge in [0.15, 0.2) is 0 Å². The number of aromatic carboxylic acids is 1. The molecule has 1 aliphatic heterocycles. The molecule has 2 N–H and O–H groups in total. The number of halogens is 2. The van der Waals surface area contributed by atoms with E-state index in [0.29, 0.717) is 16.1 Å². The summed E-state index contributed by atoms with van der Waals surface area (Å²) in [6, 6.07) is 2.65. The molecule has 3 rings (SSSR count). The fourth-order valence-electron chi connectivity index (χ4n) is 1.92. The lowest BCUT2D eigenvalue weighted by Gasteiger charge is -2.08. The van der Waals surface area contributed by atoms with Crippen LogP contribution < -0.4 is 4.74 Å². The maximum absolute atomic E-state index is 13.5. The van der Waals surface area contributed by atoms with E-state index in [-0.39, 0.29) is 21.8 Å². The Labute approximate surface area is 124 Å². The van der Waals surface area contributed by atoms with Crippen molar-refractivity contribution in [3.8, 4) is 17.0 Å². The maximum atomic E-state index is 13.5. The Balaban J connectivity index is 2.26. The lowest BCUT2D eigenvalue weighted by atomic mass is 10.1. The second-order valence-corrected chi connectivity index (χ2v) is 6.01. The molecule has 1 aliphatic rings. The molecule has 2 aromatic rings. The fourth-order valence-corrected chi connectivity index (χ4v) is 3.15. The Morgan fingerprint density at radius 3 is 3.00 bits per heavy atom. The van der Waals surface area contributed by atoms with Gasteiger partial charge in [-0.15, -0.1) is 11.3 Å². The first-order valence-electron chi connectivity index (χ1n) is 5.51. The number of carboxylic acids is 1. The van der Waals surface area contributed by atoms with Gasteiger partial charge in [0, 0.05) is 11.6 Å². The molecule has 0 amide bonds. The minimum atomic E-state index is -1.17. The number of hydrogen-bond donors (Lipinski definition) is 2. The van der Waals surface area contributed by atoms with E-state index in [1.165, 1.54) is 12.1 Å². The van der Waals surface area contributed by atoms with Gasteiger partial charge in [0.1, 0.15) is 24.3 Å². The Kier molecular flexibility index (Phi) is 3.23. The molecule has 0 bridgehead atoms. The summed E-state index contributed by atoms with van der Waals surface area (Å²) in [6.07, 6.45) is -0.996. The van der Waals surface area contributed by atoms with Crippen molar-refractivity contribution in [2.45, 2.75) is 6.10 Å². The molecule has 0 saturated heterocycles. The summed E-state index contributed by atoms with van der Waals surface area (Å²) in [5.74, 6) is -1.44. The first-order valence-corrected chi connectivity index (χ1v) is 7.12. The van der Waals surface area contributed by atoms with E-state index < -0.39 is 17.9 Å². The first-order chi connectivity index (χ1) is 9.47. The zero-order valence-corrected chi connectivity index (χ0v) is 12.2. The molecule has 1 aromatic carbocycles. The number of carboxylic acid groups (broad SMARTS) is 1. The Morgan fingerprint density at radius 1 is 1.55 bits per heavy atom. The Morgan fingerprint density at radius 2 is 2.30 bits per heavy atom. The minimum Gasteiger partial charge on any atom is -0.490 e. The standard InChI is InChI=1S/C12H7BrFNO4S/c13-5-1-4-8(2-6(5)14)19-3-7(16)10-9(4)15-11(20-10)12(17)18/h1-2,7,16H,3H2,(H,17,18). The number of carbonyl (C=O) groups is 1. The summed E-state index contributed by atoms with van der Waals surface area (Å²) in [5.41, 5.74) is 0.765. The molecule has 0 aliphatic carbocycles. The van der Waals surface area contributed by atoms with E-state index in [0.717, 1.165) is 11.3 Å². The highest BCUT2D eigenvalue weighted by atomic mass is 79.9. The van der Waals surface area contributed by atoms with Crippen LogP contribution in [-0.4, -0.2) is 27.8 Å². The zero-order valence-electron chi connectivity index (χ0n) is 9.76. The molecule has 0 saturated carbocycles. The predicted octanol–water partition coefficient (Wildman–Crippen LogP) is 2.84. The van der Waals surface area contributed by atoms with Gasteiger partial charge in [-0.25, -0.2) is 14.2 Å². The molecule has 1 unspecified atom stereocenters. The minimum absolute atomic E-state index is 0.0810. The quantitative estimate of drug-likeness (QED) is 0.818. The van der Waals surface area contributed by atoms with E-state index in [4.69, 9.17) is 9.84 Å². The van der Waals surface area contributed by atoms with Gasteiger partial charge in [0.05, 0.1) is 15.0 Å². The van der Waals surface area contributed by atoms with Gasteiger partial charge in [-0.1, -0.05) is 0 Å². The van der Waals surface area contributed by atoms with Crippen molar-refractivity contribution >= 4 is 33.2 Å². The molecular weight excluding hydrogens is 353 g/mol. The average Bonchev–Trinajstić information content (AvgIpc) is 2.80. The second kappa shape index (κ2) is 4.80. The van der Waals surface area contributed by atoms with Crippen LogP contribution in [0.1, 0.15) is 20.8 Å². The predicted molar refractivity (Wildman–Crippen MR) is 72.6 cm³/mol. The molecule has 1 atom stereocenters. The van der Waals surface area contributed by atoms with Gasteiger partial charge in [-0.2, -0.15) is 0 Å². The molecule has 0 fully saturated rings. The van der Waals surface area contributed by atoms with Crippen molar-refractivity contribution in [1.82, 2.24) is 4.98 Å². The maximum Gasteiger partial charge on any atom is 0.365 e. The summed E-state index contributed by atoms with van der Waals surface area (Å²) < 4.78 is 19.1. The second-order valence-electron chi connectivity index (χ2n) is 4.13. The molecule has 20 heavy (non-hydrogen) atoms. The number of fused-ring (bicyclic) bond motifs is 3. The van der Waals surface area contributed by atoms with E-state index in [1.807, 2.05) is 0 Å². The van der Waals surface area contributed by atoms with E-state index in [9.17, 15) is 14.3 Å². The largest absolute Gasteiger partial charge is 0.490 e. The number of thiazole rings is 1. The number of aliphatic hydroxyl groups is 1. The van der Waals surface area contributed by atoms with Crippen LogP contribution in [0, 0.1) is 5.82 Å². The number of nitrogens with zero attached hydrogens (tertiary/aromatic N) is 1. The first kappa shape index (κ1) is 13.5. The number of ether oxygens (including phenoxy) is 1. The normalized spacial score (nSPS) is 16.9. The van der Waals surface area contributed by atoms with Crippen molar-refractivity contribution in [2.24, 2.45) is 0 Å². The molecule has 1 aromatic heterocycles. The average molecular weight is 360 g/mol. The molecule has 2 heterocycles. The topological polar surface area (TPSA) is 79.7 Å². The summed E-state index contributed by atoms with van der Waals surface area (Å²) in [7, 11) is 0. The number of rotatable bonds is 1. The zero-order chi connectivity index (χ0) is 14.4. The third-order valence-electron chi connectivity index (χ3n) is 2.81. The van der Waals surface area contributed by atoms with Gasteiger partial charge in [0.2, 0.25) is 5.01 Å².